The molecule has 4 heteroatoms. The number of nitrogens with one attached hydrogen (secondary N) is 1. The van der Waals surface area contributed by atoms with Crippen LogP contribution in [0.4, 0.5) is 0 Å². The van der Waals surface area contributed by atoms with Crippen LogP contribution in [0.5, 0.6) is 0 Å². The second kappa shape index (κ2) is 8.62. The van der Waals surface area contributed by atoms with Crippen molar-refractivity contribution in [2.75, 3.05) is 19.8 Å². The first kappa shape index (κ1) is 15.6. The van der Waals surface area contributed by atoms with Crippen LogP contribution in [-0.4, -0.2) is 24.7 Å². The van der Waals surface area contributed by atoms with Crippen molar-refractivity contribution < 1.29 is 4.74 Å². The predicted molar refractivity (Wildman–Crippen MR) is 78.2 cm³/mol. The van der Waals surface area contributed by atoms with Crippen molar-refractivity contribution in [3.8, 4) is 0 Å². The van der Waals surface area contributed by atoms with Crippen LogP contribution in [-0.2, 0) is 24.1 Å². The van der Waals surface area contributed by atoms with Crippen LogP contribution >= 0.6 is 11.3 Å². The van der Waals surface area contributed by atoms with Crippen molar-refractivity contribution >= 4 is 11.3 Å². The first-order valence-corrected chi connectivity index (χ1v) is 7.74. The largest absolute Gasteiger partial charge is 0.381 e. The van der Waals surface area contributed by atoms with E-state index in [-0.39, 0.29) is 0 Å². The summed E-state index contributed by atoms with van der Waals surface area (Å²) in [5, 5.41) is 4.71. The van der Waals surface area contributed by atoms with Gasteiger partial charge in [-0.1, -0.05) is 20.8 Å². The van der Waals surface area contributed by atoms with Crippen LogP contribution < -0.4 is 5.32 Å². The van der Waals surface area contributed by atoms with Gasteiger partial charge in [-0.15, -0.1) is 11.3 Å². The van der Waals surface area contributed by atoms with Crippen LogP contribution in [0, 0.1) is 5.92 Å². The first-order valence-electron chi connectivity index (χ1n) is 6.93. The van der Waals surface area contributed by atoms with Gasteiger partial charge >= 0.3 is 0 Å². The Morgan fingerprint density at radius 1 is 1.33 bits per heavy atom. The van der Waals surface area contributed by atoms with Gasteiger partial charge in [0.05, 0.1) is 17.3 Å². The number of rotatable bonds is 9. The number of aromatic nitrogens is 1. The van der Waals surface area contributed by atoms with Crippen LogP contribution in [0.3, 0.4) is 0 Å². The maximum atomic E-state index is 5.38. The summed E-state index contributed by atoms with van der Waals surface area (Å²) in [7, 11) is 0. The zero-order valence-corrected chi connectivity index (χ0v) is 12.9. The van der Waals surface area contributed by atoms with E-state index in [1.807, 2.05) is 18.3 Å². The Kier molecular flexibility index (Phi) is 7.47. The van der Waals surface area contributed by atoms with Gasteiger partial charge in [0.15, 0.2) is 0 Å². The molecule has 0 amide bonds. The van der Waals surface area contributed by atoms with Gasteiger partial charge in [-0.25, -0.2) is 4.98 Å². The molecule has 0 aromatic carbocycles. The molecule has 1 N–H and O–H groups in total. The number of ether oxygens (including phenoxy) is 1. The summed E-state index contributed by atoms with van der Waals surface area (Å²) in [4.78, 5) is 6.09. The zero-order valence-electron chi connectivity index (χ0n) is 12.1. The minimum absolute atomic E-state index is 0.695. The molecule has 1 aromatic rings. The molecule has 0 fully saturated rings. The van der Waals surface area contributed by atoms with Gasteiger partial charge in [0.25, 0.3) is 0 Å². The van der Waals surface area contributed by atoms with Gasteiger partial charge in [0.2, 0.25) is 0 Å². The number of hydrogen-bond acceptors (Lipinski definition) is 4. The summed E-state index contributed by atoms with van der Waals surface area (Å²) in [6.45, 7) is 12.2. The van der Waals surface area contributed by atoms with E-state index in [1.165, 1.54) is 15.6 Å². The summed E-state index contributed by atoms with van der Waals surface area (Å²) in [6.07, 6.45) is 1.96. The second-order valence-electron chi connectivity index (χ2n) is 4.80. The molecule has 0 spiro atoms. The number of aryl methyl sites for hydroxylation is 1. The Hall–Kier alpha value is -0.450. The summed E-state index contributed by atoms with van der Waals surface area (Å²) >= 11 is 1.83. The van der Waals surface area contributed by atoms with Crippen LogP contribution in [0.25, 0.3) is 0 Å². The van der Waals surface area contributed by atoms with Crippen molar-refractivity contribution in [3.05, 3.63) is 15.6 Å². The zero-order chi connectivity index (χ0) is 13.4. The first-order chi connectivity index (χ1) is 8.67. The van der Waals surface area contributed by atoms with Gasteiger partial charge in [-0.3, -0.25) is 0 Å². The predicted octanol–water partition coefficient (Wildman–Crippen LogP) is 3.03. The molecular weight excluding hydrogens is 244 g/mol. The van der Waals surface area contributed by atoms with Crippen molar-refractivity contribution in [1.82, 2.24) is 10.3 Å². The van der Waals surface area contributed by atoms with E-state index in [0.29, 0.717) is 5.92 Å². The fourth-order valence-electron chi connectivity index (χ4n) is 1.74. The Bertz CT molecular complexity index is 337. The normalized spacial score (nSPS) is 11.4. The third kappa shape index (κ3) is 5.46. The highest BCUT2D eigenvalue weighted by Gasteiger charge is 2.09. The van der Waals surface area contributed by atoms with Gasteiger partial charge in [-0.2, -0.15) is 0 Å². The van der Waals surface area contributed by atoms with E-state index in [9.17, 15) is 0 Å². The monoisotopic (exact) mass is 270 g/mol. The summed E-state index contributed by atoms with van der Waals surface area (Å²) < 4.78 is 5.38. The summed E-state index contributed by atoms with van der Waals surface area (Å²) in [5.74, 6) is 0.695. The highest BCUT2D eigenvalue weighted by molar-refractivity contribution is 7.11. The highest BCUT2D eigenvalue weighted by Crippen LogP contribution is 2.19. The van der Waals surface area contributed by atoms with Crippen molar-refractivity contribution in [3.63, 3.8) is 0 Å². The topological polar surface area (TPSA) is 34.1 Å². The van der Waals surface area contributed by atoms with Crippen molar-refractivity contribution in [1.29, 1.82) is 0 Å². The molecule has 0 saturated heterocycles. The molecule has 0 atom stereocenters. The number of thiazole rings is 1. The molecule has 0 aliphatic heterocycles. The maximum Gasteiger partial charge on any atom is 0.0954 e. The van der Waals surface area contributed by atoms with E-state index in [1.54, 1.807) is 0 Å². The Labute approximate surface area is 115 Å². The molecule has 104 valence electrons. The Balaban J connectivity index is 2.49. The van der Waals surface area contributed by atoms with E-state index in [0.717, 1.165) is 39.1 Å². The summed E-state index contributed by atoms with van der Waals surface area (Å²) in [6, 6.07) is 0. The fraction of sp³-hybridized carbons (Fsp3) is 0.786. The standard InChI is InChI=1S/C14H26N2OS/c1-5-12-13(10-15-9-11(3)4)18-14(16-12)7-8-17-6-2/h11,15H,5-10H2,1-4H3. The van der Waals surface area contributed by atoms with E-state index >= 15 is 0 Å². The quantitative estimate of drug-likeness (QED) is 0.700. The lowest BCUT2D eigenvalue weighted by Crippen LogP contribution is -2.18. The molecule has 3 nitrogen and oxygen atoms in total. The molecular formula is C14H26N2OS. The third-order valence-corrected chi connectivity index (χ3v) is 3.82. The molecule has 0 unspecified atom stereocenters. The van der Waals surface area contributed by atoms with Gasteiger partial charge < -0.3 is 10.1 Å². The molecule has 1 aromatic heterocycles. The lowest BCUT2D eigenvalue weighted by atomic mass is 10.2. The Morgan fingerprint density at radius 2 is 2.11 bits per heavy atom. The third-order valence-electron chi connectivity index (χ3n) is 2.66. The fourth-order valence-corrected chi connectivity index (χ4v) is 2.84. The smallest absolute Gasteiger partial charge is 0.0954 e. The lowest BCUT2D eigenvalue weighted by molar-refractivity contribution is 0.151. The molecule has 1 heterocycles. The SMILES string of the molecule is CCOCCc1nc(CC)c(CNCC(C)C)s1. The van der Waals surface area contributed by atoms with Crippen LogP contribution in [0.15, 0.2) is 0 Å². The van der Waals surface area contributed by atoms with E-state index in [2.05, 4.69) is 26.1 Å². The molecule has 0 saturated carbocycles. The van der Waals surface area contributed by atoms with E-state index in [4.69, 9.17) is 9.72 Å². The van der Waals surface area contributed by atoms with Gasteiger partial charge in [-0.05, 0) is 25.8 Å². The molecule has 18 heavy (non-hydrogen) atoms. The highest BCUT2D eigenvalue weighted by atomic mass is 32.1. The minimum atomic E-state index is 0.695. The molecule has 0 bridgehead atoms. The number of hydrogen-bond donors (Lipinski definition) is 1. The second-order valence-corrected chi connectivity index (χ2v) is 5.97. The maximum absolute atomic E-state index is 5.38. The van der Waals surface area contributed by atoms with E-state index < -0.39 is 0 Å². The molecule has 0 aliphatic carbocycles. The average molecular weight is 270 g/mol. The van der Waals surface area contributed by atoms with Crippen LogP contribution in [0.2, 0.25) is 0 Å². The Morgan fingerprint density at radius 3 is 2.72 bits per heavy atom. The minimum Gasteiger partial charge on any atom is -0.381 e. The van der Waals surface area contributed by atoms with Crippen LogP contribution in [0.1, 0.15) is 43.3 Å². The molecule has 0 aliphatic rings. The number of nitrogens with zero attached hydrogens (tertiary/aromatic N) is 1. The van der Waals surface area contributed by atoms with Gasteiger partial charge in [0.1, 0.15) is 0 Å². The molecule has 0 radical (unpaired) electrons. The lowest BCUT2D eigenvalue weighted by Gasteiger charge is -2.06. The van der Waals surface area contributed by atoms with Crippen molar-refractivity contribution in [2.45, 2.75) is 47.1 Å². The van der Waals surface area contributed by atoms with Gasteiger partial charge in [0, 0.05) is 24.4 Å². The van der Waals surface area contributed by atoms with Crippen molar-refractivity contribution in [2.24, 2.45) is 5.92 Å². The molecule has 1 rings (SSSR count). The average Bonchev–Trinajstić information content (AvgIpc) is 2.71. The summed E-state index contributed by atoms with van der Waals surface area (Å²) in [5.41, 5.74) is 1.25.